The maximum absolute atomic E-state index is 11.5. The highest BCUT2D eigenvalue weighted by Crippen LogP contribution is 2.22. The Labute approximate surface area is 135 Å². The van der Waals surface area contributed by atoms with Crippen molar-refractivity contribution in [1.29, 1.82) is 5.26 Å². The van der Waals surface area contributed by atoms with Crippen LogP contribution in [0.5, 0.6) is 0 Å². The van der Waals surface area contributed by atoms with Crippen molar-refractivity contribution in [3.63, 3.8) is 0 Å². The monoisotopic (exact) mass is 321 g/mol. The number of anilines is 1. The predicted octanol–water partition coefficient (Wildman–Crippen LogP) is 1.45. The minimum Gasteiger partial charge on any atom is -0.444 e. The molecule has 0 bridgehead atoms. The van der Waals surface area contributed by atoms with E-state index < -0.39 is 23.9 Å². The van der Waals surface area contributed by atoms with Gasteiger partial charge in [-0.05, 0) is 44.9 Å². The molecule has 0 heterocycles. The minimum absolute atomic E-state index is 0.132. The van der Waals surface area contributed by atoms with Crippen LogP contribution in [0.15, 0.2) is 18.2 Å². The normalized spacial score (nSPS) is 13.7. The summed E-state index contributed by atoms with van der Waals surface area (Å²) in [4.78, 5) is 11.5. The number of rotatable bonds is 5. The molecule has 0 saturated heterocycles. The van der Waals surface area contributed by atoms with E-state index in [1.807, 2.05) is 6.07 Å². The molecule has 0 fully saturated rings. The summed E-state index contributed by atoms with van der Waals surface area (Å²) in [6, 6.07) is 6.40. The summed E-state index contributed by atoms with van der Waals surface area (Å²) in [5.41, 5.74) is 5.95. The number of aliphatic hydroxyl groups excluding tert-OH is 2. The predicted molar refractivity (Wildman–Crippen MR) is 85.4 cm³/mol. The van der Waals surface area contributed by atoms with Gasteiger partial charge >= 0.3 is 6.09 Å². The Balaban J connectivity index is 2.53. The van der Waals surface area contributed by atoms with Crippen molar-refractivity contribution >= 4 is 11.8 Å². The Hall–Kier alpha value is -2.30. The maximum atomic E-state index is 11.5. The summed E-state index contributed by atoms with van der Waals surface area (Å²) in [5, 5.41) is 31.5. The fourth-order valence-corrected chi connectivity index (χ4v) is 1.87. The van der Waals surface area contributed by atoms with Gasteiger partial charge in [0.05, 0.1) is 11.7 Å². The highest BCUT2D eigenvalue weighted by Gasteiger charge is 2.20. The Morgan fingerprint density at radius 2 is 2.09 bits per heavy atom. The van der Waals surface area contributed by atoms with Crippen LogP contribution in [0.25, 0.3) is 0 Å². The van der Waals surface area contributed by atoms with E-state index in [1.165, 1.54) is 12.1 Å². The topological polar surface area (TPSA) is 129 Å². The first-order valence-electron chi connectivity index (χ1n) is 7.26. The molecule has 0 aliphatic rings. The summed E-state index contributed by atoms with van der Waals surface area (Å²) < 4.78 is 5.06. The van der Waals surface area contributed by atoms with E-state index in [-0.39, 0.29) is 18.5 Å². The van der Waals surface area contributed by atoms with Crippen LogP contribution in [0.2, 0.25) is 0 Å². The number of benzene rings is 1. The van der Waals surface area contributed by atoms with Crippen LogP contribution in [-0.4, -0.2) is 34.6 Å². The molecule has 0 aromatic heterocycles. The lowest BCUT2D eigenvalue weighted by molar-refractivity contribution is 0.0123. The highest BCUT2D eigenvalue weighted by molar-refractivity contribution is 5.67. The van der Waals surface area contributed by atoms with Crippen molar-refractivity contribution in [3.8, 4) is 6.07 Å². The van der Waals surface area contributed by atoms with Gasteiger partial charge in [-0.15, -0.1) is 0 Å². The molecule has 1 rings (SSSR count). The van der Waals surface area contributed by atoms with Crippen LogP contribution in [0, 0.1) is 11.3 Å². The SMILES string of the molecule is CC(C)(C)OC(=O)NCCC(O)C(O)c1ccc(N)c(C#N)c1. The fraction of sp³-hybridized carbons (Fsp3) is 0.500. The Kier molecular flexibility index (Phi) is 6.37. The van der Waals surface area contributed by atoms with Crippen molar-refractivity contribution in [2.24, 2.45) is 0 Å². The number of carbonyl (C=O) groups excluding carboxylic acids is 1. The van der Waals surface area contributed by atoms with Crippen LogP contribution >= 0.6 is 0 Å². The van der Waals surface area contributed by atoms with Crippen molar-refractivity contribution in [2.75, 3.05) is 12.3 Å². The number of nitrogens with two attached hydrogens (primary N) is 1. The zero-order chi connectivity index (χ0) is 17.6. The number of nitriles is 1. The summed E-state index contributed by atoms with van der Waals surface area (Å²) in [5.74, 6) is 0. The van der Waals surface area contributed by atoms with Gasteiger partial charge in [0, 0.05) is 12.2 Å². The number of ether oxygens (including phenoxy) is 1. The number of amides is 1. The van der Waals surface area contributed by atoms with Gasteiger partial charge in [-0.2, -0.15) is 5.26 Å². The first kappa shape index (κ1) is 18.7. The van der Waals surface area contributed by atoms with Crippen LogP contribution < -0.4 is 11.1 Å². The van der Waals surface area contributed by atoms with Gasteiger partial charge < -0.3 is 26.0 Å². The summed E-state index contributed by atoms with van der Waals surface area (Å²) in [7, 11) is 0. The van der Waals surface area contributed by atoms with Crippen LogP contribution in [0.4, 0.5) is 10.5 Å². The molecule has 126 valence electrons. The molecule has 0 aliphatic heterocycles. The lowest BCUT2D eigenvalue weighted by Crippen LogP contribution is -2.34. The van der Waals surface area contributed by atoms with Gasteiger partial charge in [-0.1, -0.05) is 6.07 Å². The number of nitrogens with one attached hydrogen (secondary N) is 1. The van der Waals surface area contributed by atoms with Crippen LogP contribution in [-0.2, 0) is 4.74 Å². The van der Waals surface area contributed by atoms with Crippen LogP contribution in [0.1, 0.15) is 44.4 Å². The third-order valence-electron chi connectivity index (χ3n) is 3.01. The summed E-state index contributed by atoms with van der Waals surface area (Å²) in [6.07, 6.45) is -2.73. The Morgan fingerprint density at radius 1 is 1.43 bits per heavy atom. The van der Waals surface area contributed by atoms with Crippen molar-refractivity contribution < 1.29 is 19.7 Å². The fourth-order valence-electron chi connectivity index (χ4n) is 1.87. The number of hydrogen-bond donors (Lipinski definition) is 4. The summed E-state index contributed by atoms with van der Waals surface area (Å²) in [6.45, 7) is 5.39. The molecule has 7 nitrogen and oxygen atoms in total. The molecule has 0 spiro atoms. The average Bonchev–Trinajstić information content (AvgIpc) is 2.45. The quantitative estimate of drug-likeness (QED) is 0.608. The molecule has 0 saturated carbocycles. The molecular weight excluding hydrogens is 298 g/mol. The van der Waals surface area contributed by atoms with E-state index >= 15 is 0 Å². The van der Waals surface area contributed by atoms with Crippen molar-refractivity contribution in [1.82, 2.24) is 5.32 Å². The van der Waals surface area contributed by atoms with E-state index in [2.05, 4.69) is 5.32 Å². The Morgan fingerprint density at radius 3 is 2.65 bits per heavy atom. The molecule has 2 unspecified atom stereocenters. The highest BCUT2D eigenvalue weighted by atomic mass is 16.6. The van der Waals surface area contributed by atoms with Gasteiger partial charge in [0.15, 0.2) is 0 Å². The van der Waals surface area contributed by atoms with E-state index in [4.69, 9.17) is 15.7 Å². The molecule has 1 aromatic rings. The second kappa shape index (κ2) is 7.81. The zero-order valence-corrected chi connectivity index (χ0v) is 13.5. The van der Waals surface area contributed by atoms with Crippen LogP contribution in [0.3, 0.4) is 0 Å². The Bertz CT molecular complexity index is 590. The first-order chi connectivity index (χ1) is 10.6. The minimum atomic E-state index is -1.18. The molecule has 1 aromatic carbocycles. The van der Waals surface area contributed by atoms with E-state index in [1.54, 1.807) is 26.8 Å². The van der Waals surface area contributed by atoms with E-state index in [0.717, 1.165) is 0 Å². The molecule has 23 heavy (non-hydrogen) atoms. The molecule has 1 amide bonds. The van der Waals surface area contributed by atoms with Gasteiger partial charge in [0.2, 0.25) is 0 Å². The van der Waals surface area contributed by atoms with E-state index in [0.29, 0.717) is 11.3 Å². The standard InChI is InChI=1S/C16H23N3O4/c1-16(2,3)23-15(22)19-7-6-13(20)14(21)10-4-5-12(18)11(8-10)9-17/h4-5,8,13-14,20-21H,6-7,18H2,1-3H3,(H,19,22). The van der Waals surface area contributed by atoms with Crippen molar-refractivity contribution in [3.05, 3.63) is 29.3 Å². The lowest BCUT2D eigenvalue weighted by Gasteiger charge is -2.21. The number of nitrogen functional groups attached to an aromatic ring is 1. The molecular formula is C16H23N3O4. The molecule has 5 N–H and O–H groups in total. The number of nitrogens with zero attached hydrogens (tertiary/aromatic N) is 1. The smallest absolute Gasteiger partial charge is 0.407 e. The third kappa shape index (κ3) is 6.14. The van der Waals surface area contributed by atoms with E-state index in [9.17, 15) is 15.0 Å². The lowest BCUT2D eigenvalue weighted by atomic mass is 9.99. The molecule has 0 radical (unpaired) electrons. The zero-order valence-electron chi connectivity index (χ0n) is 13.5. The number of alkyl carbamates (subject to hydrolysis) is 1. The van der Waals surface area contributed by atoms with Gasteiger partial charge in [0.1, 0.15) is 17.8 Å². The van der Waals surface area contributed by atoms with Crippen molar-refractivity contribution in [2.45, 2.75) is 45.0 Å². The van der Waals surface area contributed by atoms with Gasteiger partial charge in [-0.3, -0.25) is 0 Å². The second-order valence-electron chi connectivity index (χ2n) is 6.19. The average molecular weight is 321 g/mol. The summed E-state index contributed by atoms with van der Waals surface area (Å²) >= 11 is 0. The third-order valence-corrected chi connectivity index (χ3v) is 3.01. The molecule has 0 aliphatic carbocycles. The second-order valence-corrected chi connectivity index (χ2v) is 6.19. The van der Waals surface area contributed by atoms with Gasteiger partial charge in [-0.25, -0.2) is 4.79 Å². The number of hydrogen-bond acceptors (Lipinski definition) is 6. The first-order valence-corrected chi connectivity index (χ1v) is 7.26. The number of carbonyl (C=O) groups is 1. The largest absolute Gasteiger partial charge is 0.444 e. The molecule has 2 atom stereocenters. The molecule has 7 heteroatoms. The maximum Gasteiger partial charge on any atom is 0.407 e. The van der Waals surface area contributed by atoms with Gasteiger partial charge in [0.25, 0.3) is 0 Å². The number of aliphatic hydroxyl groups is 2.